The van der Waals surface area contributed by atoms with Gasteiger partial charge in [0.1, 0.15) is 6.67 Å². The van der Waals surface area contributed by atoms with E-state index < -0.39 is 12.5 Å². The molecule has 1 aliphatic rings. The van der Waals surface area contributed by atoms with Crippen molar-refractivity contribution in [1.29, 1.82) is 0 Å². The molecular weight excluding hydrogens is 228 g/mol. The zero-order valence-corrected chi connectivity index (χ0v) is 9.63. The molecule has 1 saturated heterocycles. The molecule has 3 nitrogen and oxygen atoms in total. The van der Waals surface area contributed by atoms with Crippen LogP contribution in [0.25, 0.3) is 0 Å². The van der Waals surface area contributed by atoms with Gasteiger partial charge in [-0.1, -0.05) is 0 Å². The van der Waals surface area contributed by atoms with Crippen LogP contribution in [0, 0.1) is 5.82 Å². The molecule has 1 N–H and O–H groups in total. The average molecular weight is 243 g/mol. The van der Waals surface area contributed by atoms with Crippen LogP contribution in [-0.2, 0) is 11.4 Å². The molecule has 1 aromatic rings. The quantitative estimate of drug-likeness (QED) is 0.880. The number of ether oxygens (including phenoxy) is 2. The van der Waals surface area contributed by atoms with E-state index in [1.165, 1.54) is 7.11 Å². The van der Waals surface area contributed by atoms with Crippen molar-refractivity contribution < 1.29 is 18.3 Å². The summed E-state index contributed by atoms with van der Waals surface area (Å²) < 4.78 is 36.9. The van der Waals surface area contributed by atoms with E-state index >= 15 is 0 Å². The Hall–Kier alpha value is -1.20. The van der Waals surface area contributed by atoms with Gasteiger partial charge in [-0.3, -0.25) is 0 Å². The molecule has 1 heterocycles. The molecule has 94 valence electrons. The number of hydrogen-bond donors (Lipinski definition) is 1. The highest BCUT2D eigenvalue weighted by atomic mass is 19.1. The van der Waals surface area contributed by atoms with Gasteiger partial charge >= 0.3 is 0 Å². The van der Waals surface area contributed by atoms with Crippen LogP contribution in [0.4, 0.5) is 8.78 Å². The summed E-state index contributed by atoms with van der Waals surface area (Å²) >= 11 is 0. The molecule has 0 spiro atoms. The molecule has 0 aromatic heterocycles. The summed E-state index contributed by atoms with van der Waals surface area (Å²) in [5.41, 5.74) is 0.861. The third kappa shape index (κ3) is 2.56. The highest BCUT2D eigenvalue weighted by Crippen LogP contribution is 2.32. The van der Waals surface area contributed by atoms with E-state index in [0.717, 1.165) is 12.6 Å². The molecule has 5 heteroatoms. The van der Waals surface area contributed by atoms with Gasteiger partial charge in [0, 0.05) is 18.7 Å². The predicted molar refractivity (Wildman–Crippen MR) is 59.3 cm³/mol. The molecule has 0 radical (unpaired) electrons. The number of hydrogen-bond acceptors (Lipinski definition) is 3. The second-order valence-corrected chi connectivity index (χ2v) is 3.90. The van der Waals surface area contributed by atoms with Crippen molar-refractivity contribution in [2.75, 3.05) is 26.8 Å². The normalized spacial score (nSPS) is 20.3. The molecule has 2 rings (SSSR count). The molecule has 1 atom stereocenters. The van der Waals surface area contributed by atoms with Crippen molar-refractivity contribution in [2.24, 2.45) is 0 Å². The summed E-state index contributed by atoms with van der Waals surface area (Å²) in [5, 5.41) is 3.14. The Morgan fingerprint density at radius 2 is 2.35 bits per heavy atom. The second kappa shape index (κ2) is 5.42. The summed E-state index contributed by atoms with van der Waals surface area (Å²) in [4.78, 5) is 0. The minimum absolute atomic E-state index is 0.135. The zero-order valence-electron chi connectivity index (χ0n) is 9.63. The van der Waals surface area contributed by atoms with Crippen molar-refractivity contribution in [3.8, 4) is 5.75 Å². The van der Waals surface area contributed by atoms with Crippen molar-refractivity contribution in [1.82, 2.24) is 5.32 Å². The Bertz CT molecular complexity index is 392. The van der Waals surface area contributed by atoms with Crippen LogP contribution in [0.15, 0.2) is 12.1 Å². The maximum atomic E-state index is 13.7. The number of halogens is 2. The fourth-order valence-corrected chi connectivity index (χ4v) is 1.97. The molecule has 1 aliphatic heterocycles. The molecule has 0 aliphatic carbocycles. The van der Waals surface area contributed by atoms with Gasteiger partial charge in [-0.15, -0.1) is 0 Å². The number of rotatable bonds is 3. The van der Waals surface area contributed by atoms with E-state index in [-0.39, 0.29) is 11.9 Å². The zero-order chi connectivity index (χ0) is 12.3. The number of methoxy groups -OCH3 is 1. The van der Waals surface area contributed by atoms with Crippen molar-refractivity contribution >= 4 is 0 Å². The molecule has 1 fully saturated rings. The van der Waals surface area contributed by atoms with Gasteiger partial charge in [-0.05, 0) is 17.7 Å². The maximum absolute atomic E-state index is 13.7. The van der Waals surface area contributed by atoms with Crippen LogP contribution in [0.5, 0.6) is 5.75 Å². The van der Waals surface area contributed by atoms with Gasteiger partial charge < -0.3 is 14.8 Å². The van der Waals surface area contributed by atoms with Crippen LogP contribution < -0.4 is 10.1 Å². The third-order valence-electron chi connectivity index (χ3n) is 2.77. The minimum atomic E-state index is -0.700. The topological polar surface area (TPSA) is 30.5 Å². The first-order valence-corrected chi connectivity index (χ1v) is 5.51. The second-order valence-electron chi connectivity index (χ2n) is 3.90. The Morgan fingerprint density at radius 1 is 1.53 bits per heavy atom. The molecule has 0 bridgehead atoms. The van der Waals surface area contributed by atoms with Crippen LogP contribution in [-0.4, -0.2) is 26.8 Å². The first kappa shape index (κ1) is 12.3. The molecular formula is C12H15F2NO2. The summed E-state index contributed by atoms with van der Waals surface area (Å²) in [7, 11) is 1.40. The third-order valence-corrected chi connectivity index (χ3v) is 2.77. The van der Waals surface area contributed by atoms with E-state index in [1.807, 2.05) is 0 Å². The van der Waals surface area contributed by atoms with Crippen molar-refractivity contribution in [3.63, 3.8) is 0 Å². The first-order valence-electron chi connectivity index (χ1n) is 5.51. The van der Waals surface area contributed by atoms with Gasteiger partial charge in [-0.2, -0.15) is 0 Å². The van der Waals surface area contributed by atoms with Crippen LogP contribution in [0.1, 0.15) is 17.2 Å². The van der Waals surface area contributed by atoms with E-state index in [9.17, 15) is 8.78 Å². The van der Waals surface area contributed by atoms with Gasteiger partial charge in [0.25, 0.3) is 0 Å². The maximum Gasteiger partial charge on any atom is 0.165 e. The van der Waals surface area contributed by atoms with E-state index in [4.69, 9.17) is 9.47 Å². The summed E-state index contributed by atoms with van der Waals surface area (Å²) in [6.45, 7) is 1.19. The van der Waals surface area contributed by atoms with Crippen LogP contribution >= 0.6 is 0 Å². The number of benzene rings is 1. The van der Waals surface area contributed by atoms with E-state index in [2.05, 4.69) is 5.32 Å². The number of morpholine rings is 1. The van der Waals surface area contributed by atoms with Gasteiger partial charge in [0.2, 0.25) is 0 Å². The first-order chi connectivity index (χ1) is 8.26. The standard InChI is InChI=1S/C12H15F2NO2/c1-16-12-9(11-7-15-2-3-17-11)4-8(6-13)5-10(12)14/h4-5,11,15H,2-3,6-7H2,1H3. The lowest BCUT2D eigenvalue weighted by Crippen LogP contribution is -2.33. The van der Waals surface area contributed by atoms with Gasteiger partial charge in [0.05, 0.1) is 19.8 Å². The summed E-state index contributed by atoms with van der Waals surface area (Å²) in [6.07, 6.45) is -0.292. The Balaban J connectivity index is 2.38. The number of nitrogens with one attached hydrogen (secondary N) is 1. The molecule has 1 unspecified atom stereocenters. The van der Waals surface area contributed by atoms with E-state index in [1.54, 1.807) is 6.07 Å². The van der Waals surface area contributed by atoms with E-state index in [0.29, 0.717) is 24.3 Å². The smallest absolute Gasteiger partial charge is 0.165 e. The van der Waals surface area contributed by atoms with Crippen LogP contribution in [0.3, 0.4) is 0 Å². The lowest BCUT2D eigenvalue weighted by atomic mass is 10.0. The highest BCUT2D eigenvalue weighted by molar-refractivity contribution is 5.40. The molecule has 1 aromatic carbocycles. The summed E-state index contributed by atoms with van der Waals surface area (Å²) in [5.74, 6) is -0.414. The van der Waals surface area contributed by atoms with Crippen LogP contribution in [0.2, 0.25) is 0 Å². The number of alkyl halides is 1. The predicted octanol–water partition coefficient (Wildman–Crippen LogP) is 1.96. The van der Waals surface area contributed by atoms with Gasteiger partial charge in [0.15, 0.2) is 11.6 Å². The molecule has 0 amide bonds. The Kier molecular flexibility index (Phi) is 3.91. The SMILES string of the molecule is COc1c(F)cc(CF)cc1C1CNCCO1. The fourth-order valence-electron chi connectivity index (χ4n) is 1.97. The van der Waals surface area contributed by atoms with Gasteiger partial charge in [-0.25, -0.2) is 8.78 Å². The fraction of sp³-hybridized carbons (Fsp3) is 0.500. The summed E-state index contributed by atoms with van der Waals surface area (Å²) in [6, 6.07) is 2.75. The Labute approximate surface area is 98.7 Å². The largest absolute Gasteiger partial charge is 0.493 e. The Morgan fingerprint density at radius 3 is 2.94 bits per heavy atom. The minimum Gasteiger partial charge on any atom is -0.493 e. The van der Waals surface area contributed by atoms with Crippen molar-refractivity contribution in [3.05, 3.63) is 29.1 Å². The average Bonchev–Trinajstić information content (AvgIpc) is 2.38. The van der Waals surface area contributed by atoms with Crippen molar-refractivity contribution in [2.45, 2.75) is 12.8 Å². The lowest BCUT2D eigenvalue weighted by molar-refractivity contribution is 0.0259. The lowest BCUT2D eigenvalue weighted by Gasteiger charge is -2.25. The molecule has 17 heavy (non-hydrogen) atoms. The molecule has 0 saturated carbocycles. The highest BCUT2D eigenvalue weighted by Gasteiger charge is 2.22. The monoisotopic (exact) mass is 243 g/mol.